The lowest BCUT2D eigenvalue weighted by Crippen LogP contribution is -2.51. The van der Waals surface area contributed by atoms with Gasteiger partial charge in [-0.3, -0.25) is 4.21 Å². The van der Waals surface area contributed by atoms with Gasteiger partial charge in [0.15, 0.2) is 5.60 Å². The molecule has 104 valence electrons. The molecule has 0 heterocycles. The van der Waals surface area contributed by atoms with Gasteiger partial charge in [-0.1, -0.05) is 38.5 Å². The van der Waals surface area contributed by atoms with Crippen molar-refractivity contribution in [2.24, 2.45) is 5.41 Å². The highest BCUT2D eigenvalue weighted by Crippen LogP contribution is 2.36. The number of aryl methyl sites for hydroxylation is 1. The molecule has 1 aromatic carbocycles. The minimum atomic E-state index is -1.64. The molecule has 0 aromatic heterocycles. The first-order chi connectivity index (χ1) is 8.63. The lowest BCUT2D eigenvalue weighted by Gasteiger charge is -2.38. The zero-order valence-electron chi connectivity index (χ0n) is 12.1. The van der Waals surface area contributed by atoms with Crippen LogP contribution < -0.4 is 0 Å². The Labute approximate surface area is 117 Å². The maximum atomic E-state index is 12.5. The van der Waals surface area contributed by atoms with Gasteiger partial charge in [-0.05, 0) is 26.0 Å². The predicted molar refractivity (Wildman–Crippen MR) is 77.1 cm³/mol. The minimum Gasteiger partial charge on any atom is -0.374 e. The van der Waals surface area contributed by atoms with E-state index in [9.17, 15) is 14.6 Å². The molecule has 0 saturated carbocycles. The molecular formula is C15H21NO2S. The summed E-state index contributed by atoms with van der Waals surface area (Å²) in [4.78, 5) is 0.635. The molecule has 0 aliphatic heterocycles. The molecule has 1 rings (SSSR count). The number of nitriles is 1. The molecular weight excluding hydrogens is 258 g/mol. The van der Waals surface area contributed by atoms with Crippen LogP contribution in [-0.2, 0) is 10.8 Å². The lowest BCUT2D eigenvalue weighted by molar-refractivity contribution is -0.00535. The molecule has 3 nitrogen and oxygen atoms in total. The Kier molecular flexibility index (Phi) is 4.54. The highest BCUT2D eigenvalue weighted by molar-refractivity contribution is 7.85. The summed E-state index contributed by atoms with van der Waals surface area (Å²) in [5.74, 6) is 0. The maximum absolute atomic E-state index is 12.5. The number of hydrogen-bond donors (Lipinski definition) is 1. The largest absolute Gasteiger partial charge is 0.374 e. The van der Waals surface area contributed by atoms with E-state index in [0.29, 0.717) is 4.90 Å². The molecule has 0 aliphatic rings. The molecule has 1 N–H and O–H groups in total. The second-order valence-corrected chi connectivity index (χ2v) is 7.65. The fourth-order valence-corrected chi connectivity index (χ4v) is 3.43. The van der Waals surface area contributed by atoms with Crippen molar-refractivity contribution in [2.45, 2.75) is 50.4 Å². The fourth-order valence-electron chi connectivity index (χ4n) is 1.90. The highest BCUT2D eigenvalue weighted by atomic mass is 32.2. The molecule has 0 aliphatic carbocycles. The van der Waals surface area contributed by atoms with Crippen LogP contribution in [0.2, 0.25) is 0 Å². The predicted octanol–water partition coefficient (Wildman–Crippen LogP) is 2.79. The van der Waals surface area contributed by atoms with Gasteiger partial charge in [0, 0.05) is 10.3 Å². The van der Waals surface area contributed by atoms with E-state index in [1.807, 2.05) is 25.1 Å². The molecule has 19 heavy (non-hydrogen) atoms. The Balaban J connectivity index is 3.13. The summed E-state index contributed by atoms with van der Waals surface area (Å²) < 4.78 is 12.5. The number of hydrogen-bond acceptors (Lipinski definition) is 3. The van der Waals surface area contributed by atoms with Gasteiger partial charge in [0.05, 0.1) is 22.1 Å². The summed E-state index contributed by atoms with van der Waals surface area (Å²) in [6.07, 6.45) is 0. The smallest absolute Gasteiger partial charge is 0.170 e. The van der Waals surface area contributed by atoms with Crippen molar-refractivity contribution in [1.82, 2.24) is 0 Å². The van der Waals surface area contributed by atoms with Gasteiger partial charge in [-0.25, -0.2) is 0 Å². The van der Waals surface area contributed by atoms with Gasteiger partial charge >= 0.3 is 0 Å². The molecule has 4 heteroatoms. The Morgan fingerprint density at radius 3 is 2.11 bits per heavy atom. The summed E-state index contributed by atoms with van der Waals surface area (Å²) in [5, 5.41) is 19.2. The van der Waals surface area contributed by atoms with Crippen LogP contribution in [0.5, 0.6) is 0 Å². The molecule has 0 radical (unpaired) electrons. The van der Waals surface area contributed by atoms with Crippen LogP contribution in [0.3, 0.4) is 0 Å². The Morgan fingerprint density at radius 1 is 1.26 bits per heavy atom. The summed E-state index contributed by atoms with van der Waals surface area (Å²) in [5.41, 5.74) is -1.22. The van der Waals surface area contributed by atoms with E-state index in [4.69, 9.17) is 0 Å². The van der Waals surface area contributed by atoms with Crippen molar-refractivity contribution < 1.29 is 9.32 Å². The van der Waals surface area contributed by atoms with E-state index in [1.54, 1.807) is 39.8 Å². The van der Waals surface area contributed by atoms with Gasteiger partial charge in [-0.15, -0.1) is 0 Å². The van der Waals surface area contributed by atoms with E-state index in [0.717, 1.165) is 5.56 Å². The first-order valence-corrected chi connectivity index (χ1v) is 7.45. The third-order valence-corrected chi connectivity index (χ3v) is 5.20. The number of rotatable bonds is 3. The molecule has 0 fully saturated rings. The molecule has 0 saturated heterocycles. The van der Waals surface area contributed by atoms with Crippen molar-refractivity contribution in [3.8, 4) is 6.07 Å². The first kappa shape index (κ1) is 15.9. The summed E-state index contributed by atoms with van der Waals surface area (Å²) in [7, 11) is -1.42. The van der Waals surface area contributed by atoms with E-state index in [-0.39, 0.29) is 0 Å². The second kappa shape index (κ2) is 5.44. The second-order valence-electron chi connectivity index (χ2n) is 5.88. The molecule has 3 atom stereocenters. The summed E-state index contributed by atoms with van der Waals surface area (Å²) in [6.45, 7) is 8.94. The molecule has 1 aromatic rings. The molecule has 0 bridgehead atoms. The minimum absolute atomic E-state index is 0.635. The van der Waals surface area contributed by atoms with Crippen LogP contribution in [0.25, 0.3) is 0 Å². The quantitative estimate of drug-likeness (QED) is 0.865. The summed E-state index contributed by atoms with van der Waals surface area (Å²) >= 11 is 0. The van der Waals surface area contributed by atoms with Crippen LogP contribution in [0.15, 0.2) is 29.2 Å². The van der Waals surface area contributed by atoms with E-state index in [1.165, 1.54) is 0 Å². The van der Waals surface area contributed by atoms with Crippen molar-refractivity contribution >= 4 is 10.8 Å². The van der Waals surface area contributed by atoms with Crippen LogP contribution in [0, 0.1) is 23.7 Å². The number of aliphatic hydroxyl groups is 1. The first-order valence-electron chi connectivity index (χ1n) is 6.24. The van der Waals surface area contributed by atoms with Gasteiger partial charge in [0.2, 0.25) is 0 Å². The van der Waals surface area contributed by atoms with Gasteiger partial charge in [0.1, 0.15) is 0 Å². The third-order valence-electron chi connectivity index (χ3n) is 3.48. The fraction of sp³-hybridized carbons (Fsp3) is 0.533. The number of benzene rings is 1. The van der Waals surface area contributed by atoms with Gasteiger partial charge in [-0.2, -0.15) is 5.26 Å². The summed E-state index contributed by atoms with van der Waals surface area (Å²) in [6, 6.07) is 9.26. The SMILES string of the molecule is Cc1ccc([S@](=O)[C@@H](C)[C@@](O)(C#N)C(C)(C)C)cc1. The highest BCUT2D eigenvalue weighted by Gasteiger charge is 2.48. The topological polar surface area (TPSA) is 61.1 Å². The molecule has 0 unspecified atom stereocenters. The van der Waals surface area contributed by atoms with Crippen LogP contribution in [-0.4, -0.2) is 20.2 Å². The zero-order valence-corrected chi connectivity index (χ0v) is 12.9. The van der Waals surface area contributed by atoms with Gasteiger partial charge < -0.3 is 5.11 Å². The third kappa shape index (κ3) is 3.05. The Hall–Kier alpha value is -1.18. The standard InChI is InChI=1S/C15H21NO2S/c1-11-6-8-13(9-7-11)19(18)12(2)15(17,10-16)14(3,4)5/h6-9,12,17H,1-5H3/t12-,15-,19+/m0/s1. The van der Waals surface area contributed by atoms with Crippen molar-refractivity contribution in [1.29, 1.82) is 5.26 Å². The Morgan fingerprint density at radius 2 is 1.74 bits per heavy atom. The van der Waals surface area contributed by atoms with E-state index >= 15 is 0 Å². The average Bonchev–Trinajstić information content (AvgIpc) is 2.35. The normalized spacial score (nSPS) is 18.2. The number of nitrogens with zero attached hydrogens (tertiary/aromatic N) is 1. The van der Waals surface area contributed by atoms with Crippen LogP contribution in [0.1, 0.15) is 33.3 Å². The van der Waals surface area contributed by atoms with Crippen LogP contribution >= 0.6 is 0 Å². The van der Waals surface area contributed by atoms with E-state index in [2.05, 4.69) is 0 Å². The average molecular weight is 279 g/mol. The zero-order chi connectivity index (χ0) is 14.8. The monoisotopic (exact) mass is 279 g/mol. The van der Waals surface area contributed by atoms with E-state index < -0.39 is 27.1 Å². The van der Waals surface area contributed by atoms with Gasteiger partial charge in [0.25, 0.3) is 0 Å². The molecule has 0 amide bonds. The van der Waals surface area contributed by atoms with Crippen LogP contribution in [0.4, 0.5) is 0 Å². The molecule has 0 spiro atoms. The van der Waals surface area contributed by atoms with Crippen molar-refractivity contribution in [2.75, 3.05) is 0 Å². The van der Waals surface area contributed by atoms with Crippen molar-refractivity contribution in [3.05, 3.63) is 29.8 Å². The maximum Gasteiger partial charge on any atom is 0.170 e. The Bertz CT molecular complexity index is 510. The van der Waals surface area contributed by atoms with Crippen molar-refractivity contribution in [3.63, 3.8) is 0 Å². The lowest BCUT2D eigenvalue weighted by atomic mass is 9.75.